The summed E-state index contributed by atoms with van der Waals surface area (Å²) >= 11 is 0. The van der Waals surface area contributed by atoms with Crippen molar-refractivity contribution in [1.82, 2.24) is 10.2 Å². The fraction of sp³-hybridized carbons (Fsp3) is 0.471. The molecule has 140 valence electrons. The maximum atomic E-state index is 12.5. The molecule has 4 amide bonds. The number of imide groups is 1. The second kappa shape index (κ2) is 7.27. The number of carbonyl (C=O) groups is 3. The van der Waals surface area contributed by atoms with Crippen molar-refractivity contribution >= 4 is 23.5 Å². The molecule has 1 aliphatic carbocycles. The summed E-state index contributed by atoms with van der Waals surface area (Å²) in [7, 11) is 0. The number of amides is 4. The van der Waals surface area contributed by atoms with E-state index in [2.05, 4.69) is 15.4 Å². The summed E-state index contributed by atoms with van der Waals surface area (Å²) in [6.07, 6.45) is 2.83. The average molecular weight is 367 g/mol. The van der Waals surface area contributed by atoms with E-state index in [1.165, 1.54) is 18.2 Å². The second-order valence-corrected chi connectivity index (χ2v) is 6.35. The van der Waals surface area contributed by atoms with Gasteiger partial charge in [-0.2, -0.15) is 8.78 Å². The van der Waals surface area contributed by atoms with Crippen LogP contribution in [-0.4, -0.2) is 41.4 Å². The van der Waals surface area contributed by atoms with E-state index in [0.717, 1.165) is 17.7 Å². The van der Waals surface area contributed by atoms with Crippen molar-refractivity contribution in [3.63, 3.8) is 0 Å². The molecule has 0 aromatic heterocycles. The van der Waals surface area contributed by atoms with Gasteiger partial charge in [-0.25, -0.2) is 4.79 Å². The summed E-state index contributed by atoms with van der Waals surface area (Å²) in [6.45, 7) is -3.09. The molecule has 1 aliphatic heterocycles. The number of nitrogens with zero attached hydrogens (tertiary/aromatic N) is 1. The number of anilines is 1. The van der Waals surface area contributed by atoms with Gasteiger partial charge in [0.1, 0.15) is 11.3 Å². The largest absolute Gasteiger partial charge is 0.433 e. The first kappa shape index (κ1) is 18.1. The molecule has 0 unspecified atom stereocenters. The van der Waals surface area contributed by atoms with Crippen LogP contribution in [0.4, 0.5) is 19.3 Å². The van der Waals surface area contributed by atoms with Crippen LogP contribution in [0, 0.1) is 0 Å². The molecule has 0 bridgehead atoms. The van der Waals surface area contributed by atoms with Crippen molar-refractivity contribution in [2.75, 3.05) is 11.9 Å². The van der Waals surface area contributed by atoms with Crippen molar-refractivity contribution in [2.24, 2.45) is 0 Å². The van der Waals surface area contributed by atoms with Gasteiger partial charge in [-0.3, -0.25) is 14.5 Å². The summed E-state index contributed by atoms with van der Waals surface area (Å²) in [6, 6.07) is 5.31. The third kappa shape index (κ3) is 3.61. The number of rotatable bonds is 6. The zero-order valence-electron chi connectivity index (χ0n) is 14.0. The first-order valence-corrected chi connectivity index (χ1v) is 8.39. The molecule has 2 N–H and O–H groups in total. The Bertz CT molecular complexity index is 720. The molecule has 7 nitrogen and oxygen atoms in total. The number of hydrogen-bond acceptors (Lipinski definition) is 4. The van der Waals surface area contributed by atoms with Crippen LogP contribution in [0.15, 0.2) is 24.3 Å². The van der Waals surface area contributed by atoms with Crippen LogP contribution < -0.4 is 15.4 Å². The molecule has 26 heavy (non-hydrogen) atoms. The molecular weight excluding hydrogens is 348 g/mol. The third-order valence-electron chi connectivity index (χ3n) is 4.64. The van der Waals surface area contributed by atoms with Crippen LogP contribution in [0.5, 0.6) is 5.75 Å². The normalized spacial score (nSPS) is 18.5. The standard InChI is InChI=1S/C17H19F2N3O4/c18-15(19)26-12-6-2-1-5-11(12)20-13(23)7-10-22-14(24)17(21-16(22)25)8-3-4-9-17/h1-2,5-6,15H,3-4,7-10H2,(H,20,23)(H,21,25). The summed E-state index contributed by atoms with van der Waals surface area (Å²) < 4.78 is 29.1. The van der Waals surface area contributed by atoms with Gasteiger partial charge in [-0.05, 0) is 25.0 Å². The van der Waals surface area contributed by atoms with Crippen LogP contribution >= 0.6 is 0 Å². The average Bonchev–Trinajstić information content (AvgIpc) is 3.14. The summed E-state index contributed by atoms with van der Waals surface area (Å²) in [4.78, 5) is 37.7. The Hall–Kier alpha value is -2.71. The number of hydrogen-bond donors (Lipinski definition) is 2. The molecule has 1 aromatic carbocycles. The Kier molecular flexibility index (Phi) is 5.06. The van der Waals surface area contributed by atoms with E-state index in [0.29, 0.717) is 12.8 Å². The van der Waals surface area contributed by atoms with Crippen LogP contribution in [0.1, 0.15) is 32.1 Å². The van der Waals surface area contributed by atoms with Crippen molar-refractivity contribution in [3.05, 3.63) is 24.3 Å². The minimum atomic E-state index is -3.01. The topological polar surface area (TPSA) is 87.7 Å². The minimum absolute atomic E-state index is 0.0733. The molecule has 2 aliphatic rings. The van der Waals surface area contributed by atoms with Crippen molar-refractivity contribution in [1.29, 1.82) is 0 Å². The fourth-order valence-electron chi connectivity index (χ4n) is 3.39. The second-order valence-electron chi connectivity index (χ2n) is 6.35. The molecular formula is C17H19F2N3O4. The molecule has 1 heterocycles. The smallest absolute Gasteiger partial charge is 0.387 e. The third-order valence-corrected chi connectivity index (χ3v) is 4.64. The number of alkyl halides is 2. The number of benzene rings is 1. The van der Waals surface area contributed by atoms with Crippen molar-refractivity contribution in [3.8, 4) is 5.75 Å². The van der Waals surface area contributed by atoms with Crippen LogP contribution in [-0.2, 0) is 9.59 Å². The highest BCUT2D eigenvalue weighted by Gasteiger charge is 2.52. The maximum Gasteiger partial charge on any atom is 0.387 e. The predicted octanol–water partition coefficient (Wildman–Crippen LogP) is 2.48. The van der Waals surface area contributed by atoms with Crippen LogP contribution in [0.25, 0.3) is 0 Å². The van der Waals surface area contributed by atoms with Crippen LogP contribution in [0.3, 0.4) is 0 Å². The van der Waals surface area contributed by atoms with Gasteiger partial charge in [0.2, 0.25) is 5.91 Å². The molecule has 0 radical (unpaired) electrons. The van der Waals surface area contributed by atoms with Gasteiger partial charge in [0.15, 0.2) is 0 Å². The fourth-order valence-corrected chi connectivity index (χ4v) is 3.39. The van der Waals surface area contributed by atoms with E-state index in [1.54, 1.807) is 6.07 Å². The lowest BCUT2D eigenvalue weighted by Crippen LogP contribution is -2.44. The monoisotopic (exact) mass is 367 g/mol. The quantitative estimate of drug-likeness (QED) is 0.756. The highest BCUT2D eigenvalue weighted by Crippen LogP contribution is 2.35. The predicted molar refractivity (Wildman–Crippen MR) is 87.8 cm³/mol. The summed E-state index contributed by atoms with van der Waals surface area (Å²) in [5.74, 6) is -0.965. The highest BCUT2D eigenvalue weighted by molar-refractivity contribution is 6.07. The van der Waals surface area contributed by atoms with E-state index < -0.39 is 24.1 Å². The van der Waals surface area contributed by atoms with E-state index in [-0.39, 0.29) is 30.3 Å². The van der Waals surface area contributed by atoms with Gasteiger partial charge in [-0.15, -0.1) is 0 Å². The molecule has 2 fully saturated rings. The molecule has 1 saturated carbocycles. The lowest BCUT2D eigenvalue weighted by atomic mass is 9.98. The summed E-state index contributed by atoms with van der Waals surface area (Å²) in [5.41, 5.74) is -0.715. The number of halogens is 2. The zero-order valence-corrected chi connectivity index (χ0v) is 14.0. The number of ether oxygens (including phenoxy) is 1. The molecule has 1 saturated heterocycles. The van der Waals surface area contributed by atoms with E-state index >= 15 is 0 Å². The molecule has 1 aromatic rings. The van der Waals surface area contributed by atoms with E-state index in [9.17, 15) is 23.2 Å². The molecule has 0 atom stereocenters. The van der Waals surface area contributed by atoms with E-state index in [1.807, 2.05) is 0 Å². The minimum Gasteiger partial charge on any atom is -0.433 e. The number of urea groups is 1. The number of nitrogens with one attached hydrogen (secondary N) is 2. The van der Waals surface area contributed by atoms with Gasteiger partial charge < -0.3 is 15.4 Å². The Balaban J connectivity index is 1.58. The van der Waals surface area contributed by atoms with Crippen LogP contribution in [0.2, 0.25) is 0 Å². The Morgan fingerprint density at radius 3 is 2.65 bits per heavy atom. The lowest BCUT2D eigenvalue weighted by molar-refractivity contribution is -0.131. The first-order valence-electron chi connectivity index (χ1n) is 8.39. The Morgan fingerprint density at radius 1 is 1.27 bits per heavy atom. The lowest BCUT2D eigenvalue weighted by Gasteiger charge is -2.20. The molecule has 1 spiro atoms. The summed E-state index contributed by atoms with van der Waals surface area (Å²) in [5, 5.41) is 5.20. The SMILES string of the molecule is O=C(CCN1C(=O)NC2(CCCC2)C1=O)Nc1ccccc1OC(F)F. The van der Waals surface area contributed by atoms with Crippen molar-refractivity contribution in [2.45, 2.75) is 44.3 Å². The zero-order chi connectivity index (χ0) is 18.7. The first-order chi connectivity index (χ1) is 12.4. The van der Waals surface area contributed by atoms with Gasteiger partial charge in [0, 0.05) is 13.0 Å². The molecule has 3 rings (SSSR count). The number of para-hydroxylation sites is 2. The van der Waals surface area contributed by atoms with Crippen molar-refractivity contribution < 1.29 is 27.9 Å². The maximum absolute atomic E-state index is 12.5. The van der Waals surface area contributed by atoms with Gasteiger partial charge in [0.05, 0.1) is 5.69 Å². The Morgan fingerprint density at radius 2 is 1.96 bits per heavy atom. The van der Waals surface area contributed by atoms with Gasteiger partial charge in [0.25, 0.3) is 5.91 Å². The highest BCUT2D eigenvalue weighted by atomic mass is 19.3. The van der Waals surface area contributed by atoms with E-state index in [4.69, 9.17) is 0 Å². The van der Waals surface area contributed by atoms with Gasteiger partial charge in [-0.1, -0.05) is 25.0 Å². The van der Waals surface area contributed by atoms with Gasteiger partial charge >= 0.3 is 12.6 Å². The Labute approximate surface area is 148 Å². The molecule has 9 heteroatoms. The number of carbonyl (C=O) groups excluding carboxylic acids is 3.